The van der Waals surface area contributed by atoms with Gasteiger partial charge in [-0.1, -0.05) is 24.8 Å². The molecule has 2 aliphatic rings. The molecule has 7 heteroatoms. The summed E-state index contributed by atoms with van der Waals surface area (Å²) in [4.78, 5) is 34.7. The molecule has 0 radical (unpaired) electrons. The van der Waals surface area contributed by atoms with Gasteiger partial charge in [0.1, 0.15) is 6.10 Å². The van der Waals surface area contributed by atoms with Crippen LogP contribution in [0, 0.1) is 0 Å². The van der Waals surface area contributed by atoms with E-state index in [2.05, 4.69) is 23.0 Å². The van der Waals surface area contributed by atoms with E-state index in [4.69, 9.17) is 9.72 Å². The molecule has 0 spiro atoms. The largest absolute Gasteiger partial charge is 0.473 e. The van der Waals surface area contributed by atoms with Crippen LogP contribution in [-0.4, -0.2) is 52.9 Å². The van der Waals surface area contributed by atoms with Gasteiger partial charge in [0.2, 0.25) is 11.8 Å². The van der Waals surface area contributed by atoms with Crippen LogP contribution in [0.4, 0.5) is 0 Å². The number of hydrogen-bond donors (Lipinski definition) is 1. The van der Waals surface area contributed by atoms with Gasteiger partial charge < -0.3 is 15.0 Å². The normalized spacial score (nSPS) is 15.9. The molecule has 154 valence electrons. The Kier molecular flexibility index (Phi) is 5.61. The van der Waals surface area contributed by atoms with Gasteiger partial charge in [0.15, 0.2) is 0 Å². The number of carbonyl (C=O) groups excluding carboxylic acids is 2. The topological polar surface area (TPSA) is 84.4 Å². The molecule has 1 aromatic carbocycles. The molecule has 2 aromatic rings. The lowest BCUT2D eigenvalue weighted by atomic mass is 10.0. The van der Waals surface area contributed by atoms with E-state index in [9.17, 15) is 9.59 Å². The first-order valence-electron chi connectivity index (χ1n) is 10.1. The van der Waals surface area contributed by atoms with E-state index in [0.717, 1.165) is 35.4 Å². The number of likely N-dealkylation sites (tertiary alicyclic amines) is 1. The molecule has 2 amide bonds. The van der Waals surface area contributed by atoms with Crippen molar-refractivity contribution >= 4 is 17.4 Å². The summed E-state index contributed by atoms with van der Waals surface area (Å²) in [5, 5.41) is 2.65. The minimum absolute atomic E-state index is 0.00312. The molecule has 4 rings (SSSR count). The highest BCUT2D eigenvalue weighted by molar-refractivity contribution is 5.95. The zero-order valence-corrected chi connectivity index (χ0v) is 16.9. The number of amides is 2. The van der Waals surface area contributed by atoms with Crippen molar-refractivity contribution in [2.45, 2.75) is 25.4 Å². The molecule has 1 aliphatic heterocycles. The molecular weight excluding hydrogens is 380 g/mol. The first-order valence-corrected chi connectivity index (χ1v) is 10.1. The Morgan fingerprint density at radius 2 is 2.10 bits per heavy atom. The Labute approximate surface area is 175 Å². The summed E-state index contributed by atoms with van der Waals surface area (Å²) in [7, 11) is 1.62. The van der Waals surface area contributed by atoms with Gasteiger partial charge >= 0.3 is 0 Å². The van der Waals surface area contributed by atoms with Gasteiger partial charge in [-0.2, -0.15) is 0 Å². The maximum Gasteiger partial charge on any atom is 0.251 e. The lowest BCUT2D eigenvalue weighted by molar-refractivity contribution is -0.127. The SMILES string of the molecule is C=CC(=O)N1CCC(Oc2cnc3c(n2)C(c2cccc(C(=O)NC)c2)=CC3)CC1. The predicted octanol–water partition coefficient (Wildman–Crippen LogP) is 2.38. The molecule has 1 saturated heterocycles. The van der Waals surface area contributed by atoms with Crippen molar-refractivity contribution in [2.75, 3.05) is 20.1 Å². The Balaban J connectivity index is 1.49. The van der Waals surface area contributed by atoms with Crippen LogP contribution in [0.2, 0.25) is 0 Å². The molecule has 7 nitrogen and oxygen atoms in total. The molecule has 1 aromatic heterocycles. The standard InChI is InChI=1S/C23H24N4O3/c1-3-21(28)27-11-9-17(10-12-27)30-20-14-25-19-8-7-18(22(19)26-20)15-5-4-6-16(13-15)23(29)24-2/h3-7,13-14,17H,1,8-12H2,2H3,(H,24,29). The number of carbonyl (C=O) groups is 2. The maximum absolute atomic E-state index is 12.0. The molecule has 1 fully saturated rings. The Morgan fingerprint density at radius 1 is 1.30 bits per heavy atom. The summed E-state index contributed by atoms with van der Waals surface area (Å²) in [5.74, 6) is 0.317. The molecule has 0 bridgehead atoms. The second kappa shape index (κ2) is 8.49. The summed E-state index contributed by atoms with van der Waals surface area (Å²) in [6.07, 6.45) is 7.28. The zero-order chi connectivity index (χ0) is 21.1. The third-order valence-corrected chi connectivity index (χ3v) is 5.46. The molecule has 1 N–H and O–H groups in total. The van der Waals surface area contributed by atoms with E-state index in [-0.39, 0.29) is 17.9 Å². The quantitative estimate of drug-likeness (QED) is 0.774. The number of aromatic nitrogens is 2. The van der Waals surface area contributed by atoms with Crippen LogP contribution in [0.1, 0.15) is 40.2 Å². The number of nitrogens with one attached hydrogen (secondary N) is 1. The van der Waals surface area contributed by atoms with Crippen LogP contribution in [0.25, 0.3) is 5.57 Å². The van der Waals surface area contributed by atoms with Crippen LogP contribution in [0.15, 0.2) is 49.2 Å². The van der Waals surface area contributed by atoms with Gasteiger partial charge in [-0.15, -0.1) is 0 Å². The fourth-order valence-electron chi connectivity index (χ4n) is 3.84. The summed E-state index contributed by atoms with van der Waals surface area (Å²) < 4.78 is 6.08. The number of piperidine rings is 1. The molecule has 0 saturated carbocycles. The van der Waals surface area contributed by atoms with Crippen molar-refractivity contribution in [3.8, 4) is 5.88 Å². The van der Waals surface area contributed by atoms with Gasteiger partial charge in [-0.3, -0.25) is 14.6 Å². The molecule has 0 unspecified atom stereocenters. The van der Waals surface area contributed by atoms with E-state index < -0.39 is 0 Å². The van der Waals surface area contributed by atoms with Crippen LogP contribution in [-0.2, 0) is 11.2 Å². The Bertz CT molecular complexity index is 1020. The van der Waals surface area contributed by atoms with Gasteiger partial charge in [-0.05, 0) is 23.8 Å². The van der Waals surface area contributed by atoms with Crippen molar-refractivity contribution in [2.24, 2.45) is 0 Å². The van der Waals surface area contributed by atoms with Crippen LogP contribution >= 0.6 is 0 Å². The maximum atomic E-state index is 12.0. The van der Waals surface area contributed by atoms with Crippen molar-refractivity contribution in [1.29, 1.82) is 0 Å². The Hall–Kier alpha value is -3.48. The van der Waals surface area contributed by atoms with Crippen LogP contribution < -0.4 is 10.1 Å². The smallest absolute Gasteiger partial charge is 0.251 e. The van der Waals surface area contributed by atoms with Gasteiger partial charge in [0.25, 0.3) is 5.91 Å². The van der Waals surface area contributed by atoms with E-state index in [1.165, 1.54) is 6.08 Å². The summed E-state index contributed by atoms with van der Waals surface area (Å²) in [5.41, 5.74) is 4.18. The number of ether oxygens (including phenoxy) is 1. The number of rotatable bonds is 5. The van der Waals surface area contributed by atoms with Gasteiger partial charge in [-0.25, -0.2) is 4.98 Å². The van der Waals surface area contributed by atoms with Crippen molar-refractivity contribution in [3.63, 3.8) is 0 Å². The zero-order valence-electron chi connectivity index (χ0n) is 16.9. The van der Waals surface area contributed by atoms with Crippen molar-refractivity contribution < 1.29 is 14.3 Å². The minimum Gasteiger partial charge on any atom is -0.473 e. The van der Waals surface area contributed by atoms with Gasteiger partial charge in [0.05, 0.1) is 17.6 Å². The van der Waals surface area contributed by atoms with Crippen LogP contribution in [0.3, 0.4) is 0 Å². The monoisotopic (exact) mass is 404 g/mol. The number of benzene rings is 1. The first-order chi connectivity index (χ1) is 14.6. The van der Waals surface area contributed by atoms with E-state index in [1.807, 2.05) is 18.2 Å². The molecule has 30 heavy (non-hydrogen) atoms. The third kappa shape index (κ3) is 3.96. The molecule has 0 atom stereocenters. The highest BCUT2D eigenvalue weighted by atomic mass is 16.5. The second-order valence-electron chi connectivity index (χ2n) is 7.33. The average Bonchev–Trinajstić information content (AvgIpc) is 3.22. The number of hydrogen-bond acceptors (Lipinski definition) is 5. The molecular formula is C23H24N4O3. The highest BCUT2D eigenvalue weighted by Gasteiger charge is 2.25. The van der Waals surface area contributed by atoms with E-state index >= 15 is 0 Å². The average molecular weight is 404 g/mol. The lowest BCUT2D eigenvalue weighted by Crippen LogP contribution is -2.41. The number of allylic oxidation sites excluding steroid dienone is 1. The molecule has 1 aliphatic carbocycles. The van der Waals surface area contributed by atoms with Crippen molar-refractivity contribution in [1.82, 2.24) is 20.2 Å². The Morgan fingerprint density at radius 3 is 2.83 bits per heavy atom. The number of nitrogens with zero attached hydrogens (tertiary/aromatic N) is 3. The van der Waals surface area contributed by atoms with Crippen molar-refractivity contribution in [3.05, 3.63) is 71.7 Å². The second-order valence-corrected chi connectivity index (χ2v) is 7.33. The number of fused-ring (bicyclic) bond motifs is 1. The summed E-state index contributed by atoms with van der Waals surface area (Å²) in [6, 6.07) is 7.48. The predicted molar refractivity (Wildman–Crippen MR) is 113 cm³/mol. The summed E-state index contributed by atoms with van der Waals surface area (Å²) >= 11 is 0. The van der Waals surface area contributed by atoms with E-state index in [0.29, 0.717) is 31.0 Å². The third-order valence-electron chi connectivity index (χ3n) is 5.46. The lowest BCUT2D eigenvalue weighted by Gasteiger charge is -2.31. The van der Waals surface area contributed by atoms with Gasteiger partial charge in [0, 0.05) is 50.5 Å². The van der Waals surface area contributed by atoms with E-state index in [1.54, 1.807) is 24.2 Å². The highest BCUT2D eigenvalue weighted by Crippen LogP contribution is 2.32. The fourth-order valence-corrected chi connectivity index (χ4v) is 3.84. The summed E-state index contributed by atoms with van der Waals surface area (Å²) in [6.45, 7) is 4.83. The first kappa shape index (κ1) is 19.8. The fraction of sp³-hybridized carbons (Fsp3) is 0.304. The molecule has 2 heterocycles. The van der Waals surface area contributed by atoms with Crippen LogP contribution in [0.5, 0.6) is 5.88 Å². The minimum atomic E-state index is -0.125.